The summed E-state index contributed by atoms with van der Waals surface area (Å²) in [6.45, 7) is 0. The van der Waals surface area contributed by atoms with Gasteiger partial charge in [-0.15, -0.1) is 0 Å². The van der Waals surface area contributed by atoms with Crippen LogP contribution in [0.5, 0.6) is 23.0 Å². The maximum absolute atomic E-state index is 13.3. The number of methoxy groups -OCH3 is 2. The first kappa shape index (κ1) is 25.3. The summed E-state index contributed by atoms with van der Waals surface area (Å²) in [5.41, 5.74) is 0.419. The highest BCUT2D eigenvalue weighted by molar-refractivity contribution is 6.02. The van der Waals surface area contributed by atoms with Crippen LogP contribution in [0.3, 0.4) is 0 Å². The molecule has 1 amide bonds. The Morgan fingerprint density at radius 1 is 0.949 bits per heavy atom. The Morgan fingerprint density at radius 3 is 2.38 bits per heavy atom. The Hall–Kier alpha value is -5.32. The predicted octanol–water partition coefficient (Wildman–Crippen LogP) is 4.59. The van der Waals surface area contributed by atoms with E-state index in [0.29, 0.717) is 39.5 Å². The molecule has 0 bridgehead atoms. The maximum atomic E-state index is 13.3. The highest BCUT2D eigenvalue weighted by Crippen LogP contribution is 2.36. The van der Waals surface area contributed by atoms with Crippen molar-refractivity contribution in [1.29, 1.82) is 0 Å². The van der Waals surface area contributed by atoms with Gasteiger partial charge in [-0.25, -0.2) is 9.37 Å². The van der Waals surface area contributed by atoms with Crippen molar-refractivity contribution in [2.45, 2.75) is 0 Å². The number of benzene rings is 2. The quantitative estimate of drug-likeness (QED) is 0.327. The molecule has 5 rings (SSSR count). The van der Waals surface area contributed by atoms with E-state index in [2.05, 4.69) is 20.4 Å². The smallest absolute Gasteiger partial charge is 0.281 e. The van der Waals surface area contributed by atoms with E-state index in [4.69, 9.17) is 14.2 Å². The van der Waals surface area contributed by atoms with Gasteiger partial charge in [-0.2, -0.15) is 5.10 Å². The lowest BCUT2D eigenvalue weighted by atomic mass is 10.1. The molecule has 3 heterocycles. The summed E-state index contributed by atoms with van der Waals surface area (Å²) in [6.07, 6.45) is 4.52. The van der Waals surface area contributed by atoms with Crippen molar-refractivity contribution in [2.75, 3.05) is 19.5 Å². The third-order valence-corrected chi connectivity index (χ3v) is 5.82. The van der Waals surface area contributed by atoms with Crippen LogP contribution in [0.4, 0.5) is 10.2 Å². The predicted molar refractivity (Wildman–Crippen MR) is 142 cm³/mol. The van der Waals surface area contributed by atoms with Gasteiger partial charge in [-0.3, -0.25) is 19.3 Å². The maximum Gasteiger partial charge on any atom is 0.281 e. The molecule has 0 saturated heterocycles. The summed E-state index contributed by atoms with van der Waals surface area (Å²) >= 11 is 0. The number of hydrogen-bond donors (Lipinski definition) is 1. The molecule has 0 saturated carbocycles. The molecule has 0 radical (unpaired) electrons. The van der Waals surface area contributed by atoms with Crippen LogP contribution in [0.2, 0.25) is 0 Å². The molecule has 1 N–H and O–H groups in total. The molecular weight excluding hydrogens is 505 g/mol. The molecule has 5 aromatic rings. The molecule has 0 atom stereocenters. The molecule has 0 unspecified atom stereocenters. The molecule has 0 spiro atoms. The standard InChI is InChI=1S/C28H22FN5O5/c1-34-15-20(16-4-6-17(29)7-5-16)27(35)26(33-34)28(36)32-25-9-8-18(14-31-25)39-22-10-11-30-21-13-24(38-3)23(37-2)12-19(21)22/h4-15H,1-3H3,(H,31,32,36). The summed E-state index contributed by atoms with van der Waals surface area (Å²) in [6, 6.07) is 13.8. The lowest BCUT2D eigenvalue weighted by molar-refractivity contribution is 0.101. The molecule has 0 aliphatic rings. The van der Waals surface area contributed by atoms with Crippen molar-refractivity contribution < 1.29 is 23.4 Å². The van der Waals surface area contributed by atoms with Crippen molar-refractivity contribution >= 4 is 22.6 Å². The molecule has 2 aromatic carbocycles. The van der Waals surface area contributed by atoms with E-state index in [1.165, 1.54) is 47.4 Å². The molecule has 11 heteroatoms. The first-order valence-corrected chi connectivity index (χ1v) is 11.7. The van der Waals surface area contributed by atoms with Crippen LogP contribution in [-0.4, -0.2) is 39.9 Å². The minimum absolute atomic E-state index is 0.189. The number of halogens is 1. The lowest BCUT2D eigenvalue weighted by Gasteiger charge is -2.12. The first-order chi connectivity index (χ1) is 18.9. The summed E-state index contributed by atoms with van der Waals surface area (Å²) in [7, 11) is 4.68. The van der Waals surface area contributed by atoms with Crippen molar-refractivity contribution in [1.82, 2.24) is 19.7 Å². The first-order valence-electron chi connectivity index (χ1n) is 11.7. The van der Waals surface area contributed by atoms with Gasteiger partial charge < -0.3 is 19.5 Å². The highest BCUT2D eigenvalue weighted by Gasteiger charge is 2.18. The summed E-state index contributed by atoms with van der Waals surface area (Å²) in [5.74, 6) is 1.02. The third-order valence-electron chi connectivity index (χ3n) is 5.82. The number of rotatable bonds is 7. The fraction of sp³-hybridized carbons (Fsp3) is 0.107. The number of anilines is 1. The third kappa shape index (κ3) is 5.23. The molecule has 39 heavy (non-hydrogen) atoms. The fourth-order valence-corrected chi connectivity index (χ4v) is 3.94. The Balaban J connectivity index is 1.36. The van der Waals surface area contributed by atoms with Gasteiger partial charge in [0.25, 0.3) is 5.91 Å². The molecular formula is C28H22FN5O5. The van der Waals surface area contributed by atoms with Gasteiger partial charge in [-0.05, 0) is 42.0 Å². The largest absolute Gasteiger partial charge is 0.493 e. The number of aryl methyl sites for hydroxylation is 1. The van der Waals surface area contributed by atoms with E-state index in [9.17, 15) is 14.0 Å². The van der Waals surface area contributed by atoms with E-state index >= 15 is 0 Å². The Bertz CT molecular complexity index is 1740. The number of aromatic nitrogens is 4. The number of hydrogen-bond acceptors (Lipinski definition) is 8. The van der Waals surface area contributed by atoms with Crippen LogP contribution in [0.25, 0.3) is 22.0 Å². The summed E-state index contributed by atoms with van der Waals surface area (Å²) in [4.78, 5) is 34.5. The van der Waals surface area contributed by atoms with Crippen LogP contribution in [0.1, 0.15) is 10.5 Å². The normalized spacial score (nSPS) is 10.8. The number of fused-ring (bicyclic) bond motifs is 1. The van der Waals surface area contributed by atoms with Crippen molar-refractivity contribution in [3.63, 3.8) is 0 Å². The van der Waals surface area contributed by atoms with Crippen molar-refractivity contribution in [2.24, 2.45) is 7.05 Å². The van der Waals surface area contributed by atoms with Gasteiger partial charge in [0.05, 0.1) is 25.9 Å². The van der Waals surface area contributed by atoms with Gasteiger partial charge in [0.1, 0.15) is 23.1 Å². The van der Waals surface area contributed by atoms with Gasteiger partial charge in [0, 0.05) is 36.5 Å². The fourth-order valence-electron chi connectivity index (χ4n) is 3.94. The molecule has 0 aliphatic heterocycles. The highest BCUT2D eigenvalue weighted by atomic mass is 19.1. The van der Waals surface area contributed by atoms with E-state index in [0.717, 1.165) is 0 Å². The Morgan fingerprint density at radius 2 is 1.69 bits per heavy atom. The average molecular weight is 528 g/mol. The van der Waals surface area contributed by atoms with Gasteiger partial charge in [-0.1, -0.05) is 12.1 Å². The number of amides is 1. The van der Waals surface area contributed by atoms with Crippen LogP contribution in [0.15, 0.2) is 78.0 Å². The van der Waals surface area contributed by atoms with Gasteiger partial charge in [0.2, 0.25) is 5.43 Å². The topological polar surface area (TPSA) is 117 Å². The van der Waals surface area contributed by atoms with Gasteiger partial charge in [0.15, 0.2) is 17.2 Å². The number of carbonyl (C=O) groups is 1. The zero-order valence-corrected chi connectivity index (χ0v) is 21.1. The van der Waals surface area contributed by atoms with Crippen LogP contribution >= 0.6 is 0 Å². The molecule has 196 valence electrons. The van der Waals surface area contributed by atoms with Crippen molar-refractivity contribution in [3.8, 4) is 34.1 Å². The number of nitrogens with zero attached hydrogens (tertiary/aromatic N) is 4. The van der Waals surface area contributed by atoms with Crippen LogP contribution in [0, 0.1) is 5.82 Å². The van der Waals surface area contributed by atoms with E-state index in [-0.39, 0.29) is 17.1 Å². The average Bonchev–Trinajstić information content (AvgIpc) is 2.95. The van der Waals surface area contributed by atoms with E-state index in [1.54, 1.807) is 51.7 Å². The van der Waals surface area contributed by atoms with E-state index in [1.807, 2.05) is 0 Å². The van der Waals surface area contributed by atoms with Crippen LogP contribution in [-0.2, 0) is 7.05 Å². The zero-order valence-electron chi connectivity index (χ0n) is 21.1. The molecule has 0 aliphatic carbocycles. The summed E-state index contributed by atoms with van der Waals surface area (Å²) < 4.78 is 31.4. The van der Waals surface area contributed by atoms with Crippen LogP contribution < -0.4 is 25.0 Å². The second kappa shape index (κ2) is 10.6. The number of pyridine rings is 2. The number of ether oxygens (including phenoxy) is 3. The van der Waals surface area contributed by atoms with Crippen molar-refractivity contribution in [3.05, 3.63) is 94.9 Å². The SMILES string of the molecule is COc1cc2nccc(Oc3ccc(NC(=O)c4nn(C)cc(-c5ccc(F)cc5)c4=O)nc3)c2cc1OC. The minimum atomic E-state index is -0.734. The second-order valence-electron chi connectivity index (χ2n) is 8.37. The Kier molecular flexibility index (Phi) is 6.87. The molecule has 3 aromatic heterocycles. The zero-order chi connectivity index (χ0) is 27.5. The van der Waals surface area contributed by atoms with Gasteiger partial charge >= 0.3 is 0 Å². The molecule has 0 fully saturated rings. The lowest BCUT2D eigenvalue weighted by Crippen LogP contribution is -2.27. The monoisotopic (exact) mass is 527 g/mol. The second-order valence-corrected chi connectivity index (χ2v) is 8.37. The Labute approximate surface area is 221 Å². The minimum Gasteiger partial charge on any atom is -0.493 e. The summed E-state index contributed by atoms with van der Waals surface area (Å²) in [5, 5.41) is 7.33. The number of carbonyl (C=O) groups excluding carboxylic acids is 1. The number of nitrogens with one attached hydrogen (secondary N) is 1. The molecule has 10 nitrogen and oxygen atoms in total. The van der Waals surface area contributed by atoms with E-state index < -0.39 is 17.2 Å².